The Bertz CT molecular complexity index is 856. The van der Waals surface area contributed by atoms with Crippen molar-refractivity contribution in [2.24, 2.45) is 0 Å². The summed E-state index contributed by atoms with van der Waals surface area (Å²) in [5.41, 5.74) is 0. The molecule has 0 heterocycles. The number of hydrogen-bond acceptors (Lipinski definition) is 6. The summed E-state index contributed by atoms with van der Waals surface area (Å²) in [6, 6.07) is 0. The molecule has 0 aromatic heterocycles. The van der Waals surface area contributed by atoms with E-state index in [-0.39, 0.29) is 25.4 Å². The van der Waals surface area contributed by atoms with Crippen LogP contribution in [0.1, 0.15) is 53.4 Å². The van der Waals surface area contributed by atoms with Crippen LogP contribution in [-0.4, -0.2) is 61.9 Å². The first kappa shape index (κ1) is 36.4. The van der Waals surface area contributed by atoms with E-state index in [1.165, 1.54) is 0 Å². The molecule has 0 rings (SSSR count). The Morgan fingerprint density at radius 2 is 0.833 bits per heavy atom. The van der Waals surface area contributed by atoms with Crippen molar-refractivity contribution in [1.82, 2.24) is 10.6 Å². The van der Waals surface area contributed by atoms with Gasteiger partial charge >= 0.3 is 12.2 Å². The smallest absolute Gasteiger partial charge is 0.407 e. The van der Waals surface area contributed by atoms with Gasteiger partial charge in [0.2, 0.25) is 0 Å². The highest BCUT2D eigenvalue weighted by Gasteiger charge is 1.93. The molecule has 8 nitrogen and oxygen atoms in total. The second-order valence-electron chi connectivity index (χ2n) is 5.63. The monoisotopic (exact) mass is 496 g/mol. The van der Waals surface area contributed by atoms with Crippen LogP contribution >= 0.6 is 0 Å². The van der Waals surface area contributed by atoms with E-state index < -0.39 is 0 Å². The largest absolute Gasteiger partial charge is 0.450 e. The molecule has 0 atom stereocenters. The number of alkyl carbamates (subject to hydrolysis) is 2. The molecule has 0 unspecified atom stereocenters. The van der Waals surface area contributed by atoms with Crippen LogP contribution in [0.3, 0.4) is 0 Å². The minimum absolute atomic E-state index is 0.164. The summed E-state index contributed by atoms with van der Waals surface area (Å²) in [6.07, 6.45) is 1.91. The maximum absolute atomic E-state index is 10.3. The average molecular weight is 497 g/mol. The third kappa shape index (κ3) is 40.2. The molecule has 0 aliphatic rings. The van der Waals surface area contributed by atoms with E-state index in [0.717, 1.165) is 0 Å². The van der Waals surface area contributed by atoms with Crippen molar-refractivity contribution in [3.8, 4) is 71.0 Å². The SMILES string of the molecule is CCNC(=O)OCC.CCNC(=O)OCC.OCC#CC#CCCC#CC#CCCC#CC#CCO. The van der Waals surface area contributed by atoms with Gasteiger partial charge in [-0.2, -0.15) is 0 Å². The van der Waals surface area contributed by atoms with Crippen LogP contribution in [0.4, 0.5) is 9.59 Å². The molecule has 4 N–H and O–H groups in total. The predicted octanol–water partition coefficient (Wildman–Crippen LogP) is 2.06. The van der Waals surface area contributed by atoms with Gasteiger partial charge in [0.05, 0.1) is 13.2 Å². The van der Waals surface area contributed by atoms with E-state index in [1.807, 2.05) is 13.8 Å². The molecule has 8 heteroatoms. The normalized spacial score (nSPS) is 7.17. The van der Waals surface area contributed by atoms with Crippen LogP contribution in [0, 0.1) is 71.0 Å². The van der Waals surface area contributed by atoms with Crippen LogP contribution in [-0.2, 0) is 9.47 Å². The first-order valence-corrected chi connectivity index (χ1v) is 11.4. The van der Waals surface area contributed by atoms with Gasteiger partial charge in [-0.15, -0.1) is 0 Å². The summed E-state index contributed by atoms with van der Waals surface area (Å²) in [6.45, 7) is 9.03. The zero-order valence-electron chi connectivity index (χ0n) is 21.6. The van der Waals surface area contributed by atoms with E-state index in [1.54, 1.807) is 13.8 Å². The van der Waals surface area contributed by atoms with Gasteiger partial charge in [0.1, 0.15) is 13.2 Å². The predicted molar refractivity (Wildman–Crippen MR) is 141 cm³/mol. The van der Waals surface area contributed by atoms with Crippen molar-refractivity contribution < 1.29 is 29.3 Å². The molecule has 0 bridgehead atoms. The van der Waals surface area contributed by atoms with Gasteiger partial charge in [-0.1, -0.05) is 35.5 Å². The Kier molecular flexibility index (Phi) is 35.8. The van der Waals surface area contributed by atoms with E-state index in [2.05, 4.69) is 91.2 Å². The van der Waals surface area contributed by atoms with Crippen molar-refractivity contribution >= 4 is 12.2 Å². The number of rotatable bonds is 6. The Morgan fingerprint density at radius 3 is 1.06 bits per heavy atom. The molecule has 0 fully saturated rings. The van der Waals surface area contributed by atoms with Gasteiger partial charge in [0.25, 0.3) is 0 Å². The molecule has 0 aliphatic heterocycles. The van der Waals surface area contributed by atoms with E-state index in [0.29, 0.717) is 52.0 Å². The molecule has 0 aromatic rings. The highest BCUT2D eigenvalue weighted by Crippen LogP contribution is 1.83. The summed E-state index contributed by atoms with van der Waals surface area (Å²) in [5, 5.41) is 21.7. The minimum Gasteiger partial charge on any atom is -0.450 e. The van der Waals surface area contributed by atoms with Crippen LogP contribution < -0.4 is 10.6 Å². The molecule has 0 aromatic carbocycles. The summed E-state index contributed by atoms with van der Waals surface area (Å²) >= 11 is 0. The maximum Gasteiger partial charge on any atom is 0.407 e. The fourth-order valence-electron chi connectivity index (χ4n) is 1.50. The van der Waals surface area contributed by atoms with E-state index in [4.69, 9.17) is 10.2 Å². The number of nitrogens with one attached hydrogen (secondary N) is 2. The molecule has 194 valence electrons. The number of ether oxygens (including phenoxy) is 2. The van der Waals surface area contributed by atoms with Crippen molar-refractivity contribution in [3.05, 3.63) is 0 Å². The lowest BCUT2D eigenvalue weighted by Gasteiger charge is -1.99. The average Bonchev–Trinajstić information content (AvgIpc) is 2.85. The number of hydrogen-bond donors (Lipinski definition) is 4. The summed E-state index contributed by atoms with van der Waals surface area (Å²) < 4.78 is 9.06. The number of aliphatic hydroxyl groups is 2. The van der Waals surface area contributed by atoms with Crippen molar-refractivity contribution in [1.29, 1.82) is 0 Å². The summed E-state index contributed by atoms with van der Waals surface area (Å²) in [5.74, 6) is 32.0. The number of carbonyl (C=O) groups excluding carboxylic acids is 2. The maximum atomic E-state index is 10.3. The Labute approximate surface area is 216 Å². The zero-order valence-corrected chi connectivity index (χ0v) is 21.6. The standard InChI is InChI=1S/C18H14O2.2C5H11NO2/c19-17-15-13-11-9-7-5-3-1-2-4-6-8-10-12-14-16-18-20;2*1-3-6-5(7)8-4-2/h19-20H,5-8,17-18H2;2*3-4H2,1-2H3,(H,6,7). The van der Waals surface area contributed by atoms with Crippen LogP contribution in [0.2, 0.25) is 0 Å². The van der Waals surface area contributed by atoms with E-state index >= 15 is 0 Å². The van der Waals surface area contributed by atoms with Gasteiger partial charge in [-0.05, 0) is 63.2 Å². The molecule has 0 spiro atoms. The highest BCUT2D eigenvalue weighted by molar-refractivity contribution is 5.67. The fourth-order valence-corrected chi connectivity index (χ4v) is 1.50. The molecule has 0 saturated heterocycles. The molecule has 2 amide bonds. The van der Waals surface area contributed by atoms with Crippen molar-refractivity contribution in [2.75, 3.05) is 39.5 Å². The number of carbonyl (C=O) groups is 2. The third-order valence-corrected chi connectivity index (χ3v) is 2.82. The molecule has 0 aliphatic carbocycles. The molecule has 0 saturated carbocycles. The van der Waals surface area contributed by atoms with Gasteiger partial charge in [0, 0.05) is 38.8 Å². The third-order valence-electron chi connectivity index (χ3n) is 2.82. The van der Waals surface area contributed by atoms with Crippen molar-refractivity contribution in [2.45, 2.75) is 53.4 Å². The van der Waals surface area contributed by atoms with Gasteiger partial charge in [-0.25, -0.2) is 9.59 Å². The van der Waals surface area contributed by atoms with Crippen LogP contribution in [0.15, 0.2) is 0 Å². The Hall–Kier alpha value is -4.18. The highest BCUT2D eigenvalue weighted by atomic mass is 16.6. The fraction of sp³-hybridized carbons (Fsp3) is 0.500. The van der Waals surface area contributed by atoms with Gasteiger partial charge in [-0.3, -0.25) is 0 Å². The molecule has 0 radical (unpaired) electrons. The van der Waals surface area contributed by atoms with Gasteiger partial charge in [0.15, 0.2) is 0 Å². The number of unbranched alkanes of at least 4 members (excludes halogenated alkanes) is 2. The molecular weight excluding hydrogens is 460 g/mol. The minimum atomic E-state index is -0.338. The molecular formula is C28H36N2O6. The van der Waals surface area contributed by atoms with Crippen LogP contribution in [0.5, 0.6) is 0 Å². The molecule has 36 heavy (non-hydrogen) atoms. The summed E-state index contributed by atoms with van der Waals surface area (Å²) in [4.78, 5) is 20.6. The number of amides is 2. The van der Waals surface area contributed by atoms with E-state index in [9.17, 15) is 9.59 Å². The number of aliphatic hydroxyl groups excluding tert-OH is 2. The zero-order chi connectivity index (χ0) is 27.5. The second-order valence-corrected chi connectivity index (χ2v) is 5.63. The Morgan fingerprint density at radius 1 is 0.556 bits per heavy atom. The first-order chi connectivity index (χ1) is 17.5. The second kappa shape index (κ2) is 35.4. The van der Waals surface area contributed by atoms with Crippen LogP contribution in [0.25, 0.3) is 0 Å². The Balaban J connectivity index is -0.000000557. The topological polar surface area (TPSA) is 117 Å². The summed E-state index contributed by atoms with van der Waals surface area (Å²) in [7, 11) is 0. The van der Waals surface area contributed by atoms with Gasteiger partial charge < -0.3 is 30.3 Å². The quantitative estimate of drug-likeness (QED) is 0.330. The van der Waals surface area contributed by atoms with Crippen molar-refractivity contribution in [3.63, 3.8) is 0 Å². The lowest BCUT2D eigenvalue weighted by atomic mass is 10.3. The first-order valence-electron chi connectivity index (χ1n) is 11.4. The lowest BCUT2D eigenvalue weighted by Crippen LogP contribution is -2.23. The lowest BCUT2D eigenvalue weighted by molar-refractivity contribution is 0.152.